The molecule has 1 fully saturated rings. The number of thioether (sulfide) groups is 1. The molecule has 0 spiro atoms. The molecule has 0 saturated carbocycles. The summed E-state index contributed by atoms with van der Waals surface area (Å²) in [6, 6.07) is 5.15. The average Bonchev–Trinajstić information content (AvgIpc) is 2.90. The van der Waals surface area contributed by atoms with Crippen molar-refractivity contribution in [1.82, 2.24) is 9.88 Å². The summed E-state index contributed by atoms with van der Waals surface area (Å²) in [4.78, 5) is 18.5. The number of amides is 1. The highest BCUT2D eigenvalue weighted by Gasteiger charge is 2.34. The lowest BCUT2D eigenvalue weighted by Crippen LogP contribution is -2.44. The van der Waals surface area contributed by atoms with Crippen LogP contribution in [-0.2, 0) is 14.6 Å². The van der Waals surface area contributed by atoms with Gasteiger partial charge in [0.15, 0.2) is 9.84 Å². The first kappa shape index (κ1) is 18.7. The number of hydrogen-bond acceptors (Lipinski definition) is 6. The second kappa shape index (κ2) is 7.99. The Morgan fingerprint density at radius 3 is 2.88 bits per heavy atom. The molecule has 0 unspecified atom stereocenters. The number of carbonyl (C=O) groups excluding carboxylic acids is 1. The van der Waals surface area contributed by atoms with Crippen LogP contribution in [0.15, 0.2) is 23.4 Å². The fourth-order valence-corrected chi connectivity index (χ4v) is 5.23. The normalized spacial score (nSPS) is 19.2. The molecule has 1 aliphatic rings. The Kier molecular flexibility index (Phi) is 6.24. The highest BCUT2D eigenvalue weighted by atomic mass is 32.2. The summed E-state index contributed by atoms with van der Waals surface area (Å²) >= 11 is 1.22. The van der Waals surface area contributed by atoms with Gasteiger partial charge in [-0.25, -0.2) is 13.4 Å². The fourth-order valence-electron chi connectivity index (χ4n) is 2.67. The van der Waals surface area contributed by atoms with E-state index in [0.717, 1.165) is 0 Å². The summed E-state index contributed by atoms with van der Waals surface area (Å²) in [7, 11) is -3.04. The van der Waals surface area contributed by atoms with Gasteiger partial charge in [-0.3, -0.25) is 4.79 Å². The molecule has 0 bridgehead atoms. The van der Waals surface area contributed by atoms with Gasteiger partial charge in [0.1, 0.15) is 11.1 Å². The zero-order valence-electron chi connectivity index (χ0n) is 13.8. The minimum Gasteiger partial charge on any atom is -0.338 e. The molecule has 0 aliphatic carbocycles. The van der Waals surface area contributed by atoms with Crippen molar-refractivity contribution >= 4 is 27.5 Å². The van der Waals surface area contributed by atoms with Gasteiger partial charge in [-0.2, -0.15) is 5.26 Å². The summed E-state index contributed by atoms with van der Waals surface area (Å²) in [5.41, 5.74) is 0.439. The Morgan fingerprint density at radius 1 is 1.54 bits per heavy atom. The van der Waals surface area contributed by atoms with Crippen LogP contribution in [0.1, 0.15) is 25.8 Å². The largest absolute Gasteiger partial charge is 0.338 e. The summed E-state index contributed by atoms with van der Waals surface area (Å²) in [5, 5.41) is 9.60. The zero-order valence-corrected chi connectivity index (χ0v) is 15.4. The maximum Gasteiger partial charge on any atom is 0.233 e. The third-order valence-electron chi connectivity index (χ3n) is 3.76. The van der Waals surface area contributed by atoms with E-state index in [1.807, 2.05) is 13.8 Å². The van der Waals surface area contributed by atoms with Gasteiger partial charge in [0.05, 0.1) is 22.8 Å². The third-order valence-corrected chi connectivity index (χ3v) is 6.50. The molecule has 0 N–H and O–H groups in total. The lowest BCUT2D eigenvalue weighted by Gasteiger charge is -2.30. The van der Waals surface area contributed by atoms with Gasteiger partial charge in [-0.05, 0) is 24.5 Å². The molecule has 130 valence electrons. The summed E-state index contributed by atoms with van der Waals surface area (Å²) in [5.74, 6) is 0.487. The Labute approximate surface area is 147 Å². The molecule has 1 atom stereocenters. The molecule has 24 heavy (non-hydrogen) atoms. The number of pyridine rings is 1. The topological polar surface area (TPSA) is 91.1 Å². The summed E-state index contributed by atoms with van der Waals surface area (Å²) in [6.07, 6.45) is 2.08. The van der Waals surface area contributed by atoms with Gasteiger partial charge < -0.3 is 4.90 Å². The monoisotopic (exact) mass is 367 g/mol. The number of aromatic nitrogens is 1. The van der Waals surface area contributed by atoms with Gasteiger partial charge in [0.25, 0.3) is 0 Å². The van der Waals surface area contributed by atoms with Crippen LogP contribution in [0.25, 0.3) is 0 Å². The Bertz CT molecular complexity index is 741. The Hall–Kier alpha value is -1.59. The van der Waals surface area contributed by atoms with E-state index in [-0.39, 0.29) is 35.1 Å². The molecule has 6 nitrogen and oxygen atoms in total. The molecular formula is C16H21N3O3S2. The first-order chi connectivity index (χ1) is 11.3. The van der Waals surface area contributed by atoms with Crippen molar-refractivity contribution < 1.29 is 13.2 Å². The average molecular weight is 367 g/mol. The van der Waals surface area contributed by atoms with Crippen LogP contribution in [0.3, 0.4) is 0 Å². The van der Waals surface area contributed by atoms with Gasteiger partial charge in [-0.1, -0.05) is 25.6 Å². The van der Waals surface area contributed by atoms with Crippen LogP contribution in [0, 0.1) is 17.2 Å². The van der Waals surface area contributed by atoms with E-state index in [4.69, 9.17) is 5.26 Å². The van der Waals surface area contributed by atoms with Crippen molar-refractivity contribution in [1.29, 1.82) is 5.26 Å². The molecule has 8 heteroatoms. The number of rotatable bonds is 6. The molecule has 0 aromatic carbocycles. The molecule has 2 rings (SSSR count). The number of nitrogens with zero attached hydrogens (tertiary/aromatic N) is 3. The molecule has 1 aromatic heterocycles. The first-order valence-electron chi connectivity index (χ1n) is 7.80. The van der Waals surface area contributed by atoms with Crippen LogP contribution >= 0.6 is 11.8 Å². The minimum absolute atomic E-state index is 0.0448. The number of nitriles is 1. The van der Waals surface area contributed by atoms with Crippen molar-refractivity contribution in [3.8, 4) is 6.07 Å². The first-order valence-corrected chi connectivity index (χ1v) is 10.6. The van der Waals surface area contributed by atoms with Crippen molar-refractivity contribution in [2.24, 2.45) is 5.92 Å². The molecule has 2 heterocycles. The van der Waals surface area contributed by atoms with Crippen molar-refractivity contribution in [3.63, 3.8) is 0 Å². The second-order valence-corrected chi connectivity index (χ2v) is 9.45. The fraction of sp³-hybridized carbons (Fsp3) is 0.562. The standard InChI is InChI=1S/C16H21N3O3S2/c1-12(2)9-19(14-5-7-24(21,22)11-14)15(20)10-23-16-13(8-17)4-3-6-18-16/h3-4,6,12,14H,5,7,9-11H2,1-2H3/t14-/m0/s1. The highest BCUT2D eigenvalue weighted by Crippen LogP contribution is 2.23. The van der Waals surface area contributed by atoms with E-state index >= 15 is 0 Å². The van der Waals surface area contributed by atoms with Crippen molar-refractivity contribution in [2.45, 2.75) is 31.3 Å². The molecular weight excluding hydrogens is 346 g/mol. The smallest absolute Gasteiger partial charge is 0.233 e. The van der Waals surface area contributed by atoms with Crippen molar-refractivity contribution in [2.75, 3.05) is 23.8 Å². The van der Waals surface area contributed by atoms with E-state index < -0.39 is 9.84 Å². The molecule has 1 aromatic rings. The van der Waals surface area contributed by atoms with Crippen LogP contribution in [0.5, 0.6) is 0 Å². The van der Waals surface area contributed by atoms with Gasteiger partial charge in [-0.15, -0.1) is 0 Å². The predicted molar refractivity (Wildman–Crippen MR) is 93.3 cm³/mol. The van der Waals surface area contributed by atoms with Crippen LogP contribution in [0.2, 0.25) is 0 Å². The van der Waals surface area contributed by atoms with Gasteiger partial charge in [0.2, 0.25) is 5.91 Å². The van der Waals surface area contributed by atoms with Crippen LogP contribution in [-0.4, -0.2) is 54.1 Å². The third kappa shape index (κ3) is 4.95. The van der Waals surface area contributed by atoms with Gasteiger partial charge >= 0.3 is 0 Å². The SMILES string of the molecule is CC(C)CN(C(=O)CSc1ncccc1C#N)[C@H]1CCS(=O)(=O)C1. The minimum atomic E-state index is -3.04. The lowest BCUT2D eigenvalue weighted by molar-refractivity contribution is -0.130. The van der Waals surface area contributed by atoms with Crippen LogP contribution in [0.4, 0.5) is 0 Å². The molecule has 1 amide bonds. The predicted octanol–water partition coefficient (Wildman–Crippen LogP) is 1.72. The van der Waals surface area contributed by atoms with E-state index in [0.29, 0.717) is 23.6 Å². The molecule has 1 aliphatic heterocycles. The maximum atomic E-state index is 12.6. The lowest BCUT2D eigenvalue weighted by atomic mass is 10.1. The number of sulfone groups is 1. The zero-order chi connectivity index (χ0) is 17.7. The van der Waals surface area contributed by atoms with E-state index in [1.54, 1.807) is 23.2 Å². The quantitative estimate of drug-likeness (QED) is 0.711. The van der Waals surface area contributed by atoms with E-state index in [9.17, 15) is 13.2 Å². The van der Waals surface area contributed by atoms with Crippen LogP contribution < -0.4 is 0 Å². The van der Waals surface area contributed by atoms with Crippen molar-refractivity contribution in [3.05, 3.63) is 23.9 Å². The van der Waals surface area contributed by atoms with E-state index in [2.05, 4.69) is 11.1 Å². The Balaban J connectivity index is 2.07. The highest BCUT2D eigenvalue weighted by molar-refractivity contribution is 8.00. The number of carbonyl (C=O) groups is 1. The van der Waals surface area contributed by atoms with Gasteiger partial charge in [0, 0.05) is 18.8 Å². The molecule has 0 radical (unpaired) electrons. The second-order valence-electron chi connectivity index (χ2n) is 6.25. The Morgan fingerprint density at radius 2 is 2.29 bits per heavy atom. The number of hydrogen-bond donors (Lipinski definition) is 0. The molecule has 1 saturated heterocycles. The summed E-state index contributed by atoms with van der Waals surface area (Å²) < 4.78 is 23.5. The maximum absolute atomic E-state index is 12.6. The van der Waals surface area contributed by atoms with E-state index in [1.165, 1.54) is 11.8 Å². The summed E-state index contributed by atoms with van der Waals surface area (Å²) in [6.45, 7) is 4.54.